The molecule has 0 aliphatic rings. The van der Waals surface area contributed by atoms with Crippen LogP contribution in [-0.4, -0.2) is 17.1 Å². The van der Waals surface area contributed by atoms with Crippen molar-refractivity contribution in [2.45, 2.75) is 6.61 Å². The van der Waals surface area contributed by atoms with E-state index in [9.17, 15) is 4.79 Å². The van der Waals surface area contributed by atoms with Gasteiger partial charge < -0.3 is 9.72 Å². The molecule has 144 valence electrons. The summed E-state index contributed by atoms with van der Waals surface area (Å²) < 4.78 is 6.87. The zero-order chi connectivity index (χ0) is 20.1. The summed E-state index contributed by atoms with van der Waals surface area (Å²) in [6.45, 7) is 0.371. The molecule has 0 aliphatic carbocycles. The van der Waals surface area contributed by atoms with Crippen LogP contribution in [0.3, 0.4) is 0 Å². The quantitative estimate of drug-likeness (QED) is 0.312. The Morgan fingerprint density at radius 2 is 1.79 bits per heavy atom. The van der Waals surface area contributed by atoms with Crippen molar-refractivity contribution in [2.24, 2.45) is 5.10 Å². The number of amides is 1. The molecule has 0 saturated carbocycles. The summed E-state index contributed by atoms with van der Waals surface area (Å²) in [6, 6.07) is 22.9. The summed E-state index contributed by atoms with van der Waals surface area (Å²) >= 11 is 3.41. The number of halogens is 1. The highest BCUT2D eigenvalue weighted by atomic mass is 79.9. The first-order valence-electron chi connectivity index (χ1n) is 9.06. The summed E-state index contributed by atoms with van der Waals surface area (Å²) in [7, 11) is 0. The van der Waals surface area contributed by atoms with Crippen LogP contribution in [0.1, 0.15) is 21.5 Å². The number of aromatic amines is 1. The van der Waals surface area contributed by atoms with Crippen molar-refractivity contribution < 1.29 is 9.53 Å². The maximum absolute atomic E-state index is 12.6. The van der Waals surface area contributed by atoms with Crippen LogP contribution in [0.15, 0.2) is 88.6 Å². The van der Waals surface area contributed by atoms with E-state index in [0.29, 0.717) is 17.9 Å². The third-order valence-corrected chi connectivity index (χ3v) is 4.96. The van der Waals surface area contributed by atoms with Gasteiger partial charge in [-0.1, -0.05) is 58.4 Å². The summed E-state index contributed by atoms with van der Waals surface area (Å²) in [6.07, 6.45) is 3.48. The predicted molar refractivity (Wildman–Crippen MR) is 118 cm³/mol. The molecule has 0 saturated heterocycles. The average Bonchev–Trinajstić information content (AvgIpc) is 3.17. The van der Waals surface area contributed by atoms with E-state index in [1.807, 2.05) is 60.8 Å². The van der Waals surface area contributed by atoms with Gasteiger partial charge in [-0.2, -0.15) is 5.10 Å². The van der Waals surface area contributed by atoms with Crippen molar-refractivity contribution in [3.05, 3.63) is 100 Å². The fourth-order valence-corrected chi connectivity index (χ4v) is 3.21. The number of nitrogens with one attached hydrogen (secondary N) is 2. The van der Waals surface area contributed by atoms with Gasteiger partial charge in [-0.15, -0.1) is 0 Å². The van der Waals surface area contributed by atoms with E-state index in [0.717, 1.165) is 26.5 Å². The monoisotopic (exact) mass is 447 g/mol. The van der Waals surface area contributed by atoms with Gasteiger partial charge in [0.25, 0.3) is 5.91 Å². The Balaban J connectivity index is 1.44. The fourth-order valence-electron chi connectivity index (χ4n) is 2.94. The molecule has 5 nitrogen and oxygen atoms in total. The zero-order valence-corrected chi connectivity index (χ0v) is 17.0. The average molecular weight is 448 g/mol. The molecular weight excluding hydrogens is 430 g/mol. The number of hydrogen-bond donors (Lipinski definition) is 2. The van der Waals surface area contributed by atoms with Crippen LogP contribution in [0, 0.1) is 0 Å². The zero-order valence-electron chi connectivity index (χ0n) is 15.4. The molecule has 4 aromatic rings. The second-order valence-corrected chi connectivity index (χ2v) is 7.32. The molecule has 1 amide bonds. The van der Waals surface area contributed by atoms with Crippen LogP contribution in [0.5, 0.6) is 5.75 Å². The number of aromatic nitrogens is 1. The molecule has 0 atom stereocenters. The third kappa shape index (κ3) is 4.55. The summed E-state index contributed by atoms with van der Waals surface area (Å²) in [5.41, 5.74) is 5.95. The number of nitrogens with zero attached hydrogens (tertiary/aromatic N) is 1. The van der Waals surface area contributed by atoms with E-state index in [1.165, 1.54) is 0 Å². The number of hydrazone groups is 1. The number of rotatable bonds is 6. The fraction of sp³-hybridized carbons (Fsp3) is 0.0435. The maximum atomic E-state index is 12.6. The largest absolute Gasteiger partial charge is 0.488 e. The van der Waals surface area contributed by atoms with Crippen molar-refractivity contribution in [2.75, 3.05) is 0 Å². The Hall–Kier alpha value is -3.38. The summed E-state index contributed by atoms with van der Waals surface area (Å²) in [5, 5.41) is 5.15. The molecule has 0 bridgehead atoms. The number of carbonyl (C=O) groups excluding carboxylic acids is 1. The lowest BCUT2D eigenvalue weighted by molar-refractivity contribution is 0.0950. The first-order chi connectivity index (χ1) is 14.2. The molecule has 0 fully saturated rings. The van der Waals surface area contributed by atoms with Crippen molar-refractivity contribution in [1.82, 2.24) is 10.4 Å². The molecule has 4 rings (SSSR count). The van der Waals surface area contributed by atoms with Crippen LogP contribution < -0.4 is 10.2 Å². The topological polar surface area (TPSA) is 66.5 Å². The summed E-state index contributed by atoms with van der Waals surface area (Å²) in [4.78, 5) is 15.8. The molecular formula is C23H18BrN3O2. The minimum absolute atomic E-state index is 0.326. The van der Waals surface area contributed by atoms with Gasteiger partial charge in [0.1, 0.15) is 12.4 Å². The second kappa shape index (κ2) is 8.75. The second-order valence-electron chi connectivity index (χ2n) is 6.40. The highest BCUT2D eigenvalue weighted by molar-refractivity contribution is 9.10. The lowest BCUT2D eigenvalue weighted by Gasteiger charge is -2.10. The molecule has 29 heavy (non-hydrogen) atoms. The van der Waals surface area contributed by atoms with Gasteiger partial charge in [-0.3, -0.25) is 4.79 Å². The van der Waals surface area contributed by atoms with Crippen molar-refractivity contribution in [3.8, 4) is 5.75 Å². The van der Waals surface area contributed by atoms with Crippen LogP contribution in [-0.2, 0) is 6.61 Å². The van der Waals surface area contributed by atoms with Crippen LogP contribution in [0.2, 0.25) is 0 Å². The standard InChI is InChI=1S/C23H18BrN3O2/c24-18-11-9-16(10-12-18)15-29-22-8-4-2-6-20(22)23(28)27-26-14-17-13-25-21-7-3-1-5-19(17)21/h1-14,25H,15H2,(H,27,28)/b26-14+. The Morgan fingerprint density at radius 3 is 2.66 bits per heavy atom. The van der Waals surface area contributed by atoms with Crippen LogP contribution >= 0.6 is 15.9 Å². The number of H-pyrrole nitrogens is 1. The lowest BCUT2D eigenvalue weighted by atomic mass is 10.2. The van der Waals surface area contributed by atoms with Gasteiger partial charge >= 0.3 is 0 Å². The van der Waals surface area contributed by atoms with Gasteiger partial charge in [0, 0.05) is 27.1 Å². The number of fused-ring (bicyclic) bond motifs is 1. The molecule has 1 heterocycles. The Morgan fingerprint density at radius 1 is 1.03 bits per heavy atom. The lowest BCUT2D eigenvalue weighted by Crippen LogP contribution is -2.18. The van der Waals surface area contributed by atoms with E-state index < -0.39 is 0 Å². The van der Waals surface area contributed by atoms with Crippen molar-refractivity contribution in [1.29, 1.82) is 0 Å². The number of benzene rings is 3. The van der Waals surface area contributed by atoms with E-state index >= 15 is 0 Å². The van der Waals surface area contributed by atoms with Gasteiger partial charge in [-0.05, 0) is 35.9 Å². The van der Waals surface area contributed by atoms with Crippen LogP contribution in [0.25, 0.3) is 10.9 Å². The van der Waals surface area contributed by atoms with Gasteiger partial charge in [-0.25, -0.2) is 5.43 Å². The SMILES string of the molecule is O=C(N/N=C/c1c[nH]c2ccccc12)c1ccccc1OCc1ccc(Br)cc1. The molecule has 6 heteroatoms. The van der Waals surface area contributed by atoms with Gasteiger partial charge in [0.15, 0.2) is 0 Å². The van der Waals surface area contributed by atoms with E-state index in [1.54, 1.807) is 24.4 Å². The molecule has 0 radical (unpaired) electrons. The third-order valence-electron chi connectivity index (χ3n) is 4.43. The first kappa shape index (κ1) is 19.0. The highest BCUT2D eigenvalue weighted by Crippen LogP contribution is 2.20. The smallest absolute Gasteiger partial charge is 0.275 e. The van der Waals surface area contributed by atoms with Crippen molar-refractivity contribution >= 4 is 39.0 Å². The van der Waals surface area contributed by atoms with E-state index in [2.05, 4.69) is 31.4 Å². The number of ether oxygens (including phenoxy) is 1. The molecule has 0 spiro atoms. The molecule has 0 aliphatic heterocycles. The minimum atomic E-state index is -0.326. The number of para-hydroxylation sites is 2. The molecule has 2 N–H and O–H groups in total. The molecule has 1 aromatic heterocycles. The van der Waals surface area contributed by atoms with E-state index in [4.69, 9.17) is 4.74 Å². The summed E-state index contributed by atoms with van der Waals surface area (Å²) in [5.74, 6) is 0.183. The van der Waals surface area contributed by atoms with Gasteiger partial charge in [0.05, 0.1) is 11.8 Å². The number of hydrogen-bond acceptors (Lipinski definition) is 3. The normalized spacial score (nSPS) is 11.1. The van der Waals surface area contributed by atoms with E-state index in [-0.39, 0.29) is 5.91 Å². The first-order valence-corrected chi connectivity index (χ1v) is 9.86. The molecule has 0 unspecified atom stereocenters. The Labute approximate surface area is 176 Å². The van der Waals surface area contributed by atoms with Gasteiger partial charge in [0.2, 0.25) is 0 Å². The molecule has 3 aromatic carbocycles. The van der Waals surface area contributed by atoms with Crippen molar-refractivity contribution in [3.63, 3.8) is 0 Å². The number of carbonyl (C=O) groups is 1. The highest BCUT2D eigenvalue weighted by Gasteiger charge is 2.11. The Kier molecular flexibility index (Phi) is 5.72. The Bertz CT molecular complexity index is 1170. The predicted octanol–water partition coefficient (Wildman–Crippen LogP) is 5.27. The minimum Gasteiger partial charge on any atom is -0.488 e. The maximum Gasteiger partial charge on any atom is 0.275 e. The van der Waals surface area contributed by atoms with Crippen LogP contribution in [0.4, 0.5) is 0 Å².